The molecule has 0 spiro atoms. The molecule has 23 heavy (non-hydrogen) atoms. The van der Waals surface area contributed by atoms with E-state index in [9.17, 15) is 4.79 Å². The van der Waals surface area contributed by atoms with Crippen LogP contribution in [-0.2, 0) is 9.53 Å². The van der Waals surface area contributed by atoms with Crippen molar-refractivity contribution in [2.75, 3.05) is 0 Å². The van der Waals surface area contributed by atoms with Crippen molar-refractivity contribution in [3.05, 3.63) is 35.9 Å². The normalized spacial score (nSPS) is 27.5. The average molecular weight is 446 g/mol. The van der Waals surface area contributed by atoms with Crippen molar-refractivity contribution in [1.82, 2.24) is 0 Å². The summed E-state index contributed by atoms with van der Waals surface area (Å²) in [5, 5.41) is 0. The molecule has 128 valence electrons. The Bertz CT molecular complexity index is 503. The minimum absolute atomic E-state index is 0.0409. The summed E-state index contributed by atoms with van der Waals surface area (Å²) >= 11 is 7.13. The molecule has 1 aromatic rings. The number of esters is 1. The molecule has 0 N–H and O–H groups in total. The number of carbonyl (C=O) groups is 1. The average Bonchev–Trinajstić information content (AvgIpc) is 2.56. The Kier molecular flexibility index (Phi) is 7.15. The van der Waals surface area contributed by atoms with Crippen molar-refractivity contribution in [2.45, 2.75) is 55.8 Å². The maximum atomic E-state index is 12.5. The van der Waals surface area contributed by atoms with Crippen molar-refractivity contribution >= 4 is 37.8 Å². The minimum Gasteiger partial charge on any atom is -0.461 e. The van der Waals surface area contributed by atoms with Gasteiger partial charge in [-0.1, -0.05) is 83.0 Å². The van der Waals surface area contributed by atoms with Gasteiger partial charge in [0, 0.05) is 0 Å². The van der Waals surface area contributed by atoms with Gasteiger partial charge in [0.2, 0.25) is 0 Å². The smallest absolute Gasteiger partial charge is 0.321 e. The second-order valence-electron chi connectivity index (χ2n) is 6.98. The first-order chi connectivity index (χ1) is 10.9. The van der Waals surface area contributed by atoms with Gasteiger partial charge in [0.1, 0.15) is 10.9 Å². The lowest BCUT2D eigenvalue weighted by molar-refractivity contribution is -0.153. The maximum absolute atomic E-state index is 12.5. The van der Waals surface area contributed by atoms with Crippen molar-refractivity contribution in [2.24, 2.45) is 17.8 Å². The summed E-state index contributed by atoms with van der Waals surface area (Å²) in [5.41, 5.74) is 1.07. The third kappa shape index (κ3) is 5.06. The molecule has 0 heterocycles. The Hall–Kier alpha value is -0.350. The van der Waals surface area contributed by atoms with Crippen molar-refractivity contribution in [3.8, 4) is 0 Å². The summed E-state index contributed by atoms with van der Waals surface area (Å²) in [5.74, 6) is 1.58. The molecule has 4 heteroatoms. The predicted molar refractivity (Wildman–Crippen MR) is 102 cm³/mol. The van der Waals surface area contributed by atoms with Crippen LogP contribution in [0.25, 0.3) is 0 Å². The van der Waals surface area contributed by atoms with Gasteiger partial charge in [-0.15, -0.1) is 0 Å². The molecule has 0 saturated heterocycles. The number of carbonyl (C=O) groups excluding carboxylic acids is 1. The van der Waals surface area contributed by atoms with Gasteiger partial charge in [-0.25, -0.2) is 0 Å². The Morgan fingerprint density at radius 1 is 1.17 bits per heavy atom. The number of alkyl halides is 2. The van der Waals surface area contributed by atoms with Crippen LogP contribution in [0, 0.1) is 17.8 Å². The van der Waals surface area contributed by atoms with Crippen LogP contribution in [0.3, 0.4) is 0 Å². The van der Waals surface area contributed by atoms with E-state index in [4.69, 9.17) is 4.74 Å². The van der Waals surface area contributed by atoms with E-state index < -0.39 is 0 Å². The molecule has 0 amide bonds. The monoisotopic (exact) mass is 444 g/mol. The molecule has 1 aromatic carbocycles. The first-order valence-corrected chi connectivity index (χ1v) is 10.3. The zero-order valence-electron chi connectivity index (χ0n) is 14.0. The molecule has 0 radical (unpaired) electrons. The Morgan fingerprint density at radius 2 is 1.83 bits per heavy atom. The maximum Gasteiger partial charge on any atom is 0.321 e. The molecule has 0 unspecified atom stereocenters. The van der Waals surface area contributed by atoms with Crippen LogP contribution in [0.5, 0.6) is 0 Å². The van der Waals surface area contributed by atoms with Gasteiger partial charge in [0.15, 0.2) is 0 Å². The molecule has 1 saturated carbocycles. The van der Waals surface area contributed by atoms with Crippen LogP contribution < -0.4 is 0 Å². The summed E-state index contributed by atoms with van der Waals surface area (Å²) in [6.45, 7) is 6.72. The van der Waals surface area contributed by atoms with Gasteiger partial charge in [-0.2, -0.15) is 0 Å². The van der Waals surface area contributed by atoms with E-state index in [1.165, 1.54) is 6.42 Å². The van der Waals surface area contributed by atoms with E-state index in [-0.39, 0.29) is 21.7 Å². The minimum atomic E-state index is -0.378. The molecule has 2 rings (SSSR count). The Balaban J connectivity index is 1.97. The number of halogens is 2. The van der Waals surface area contributed by atoms with E-state index in [2.05, 4.69) is 52.6 Å². The number of benzene rings is 1. The van der Waals surface area contributed by atoms with Crippen molar-refractivity contribution < 1.29 is 9.53 Å². The molecule has 2 nitrogen and oxygen atoms in total. The lowest BCUT2D eigenvalue weighted by atomic mass is 9.76. The predicted octanol–water partition coefficient (Wildman–Crippen LogP) is 5.89. The summed E-state index contributed by atoms with van der Waals surface area (Å²) in [4.78, 5) is 12.1. The molecule has 1 aliphatic carbocycles. The highest BCUT2D eigenvalue weighted by Gasteiger charge is 2.34. The van der Waals surface area contributed by atoms with Gasteiger partial charge in [0.25, 0.3) is 0 Å². The van der Waals surface area contributed by atoms with Crippen LogP contribution in [0.4, 0.5) is 0 Å². The summed E-state index contributed by atoms with van der Waals surface area (Å²) < 4.78 is 5.87. The largest absolute Gasteiger partial charge is 0.461 e. The van der Waals surface area contributed by atoms with Gasteiger partial charge in [-0.3, -0.25) is 4.79 Å². The fourth-order valence-corrected chi connectivity index (χ4v) is 4.15. The fourth-order valence-electron chi connectivity index (χ4n) is 3.22. The van der Waals surface area contributed by atoms with Crippen LogP contribution in [0.15, 0.2) is 30.3 Å². The van der Waals surface area contributed by atoms with Gasteiger partial charge in [-0.05, 0) is 42.6 Å². The summed E-state index contributed by atoms with van der Waals surface area (Å²) in [7, 11) is 0. The first kappa shape index (κ1) is 19.0. The van der Waals surface area contributed by atoms with Crippen LogP contribution in [-0.4, -0.2) is 16.9 Å². The first-order valence-electron chi connectivity index (χ1n) is 8.43. The molecular weight excluding hydrogens is 420 g/mol. The molecule has 0 aromatic heterocycles. The second-order valence-corrected chi connectivity index (χ2v) is 8.96. The topological polar surface area (TPSA) is 26.3 Å². The number of hydrogen-bond acceptors (Lipinski definition) is 2. The molecule has 0 bridgehead atoms. The van der Waals surface area contributed by atoms with Crippen LogP contribution >= 0.6 is 31.9 Å². The number of ether oxygens (including phenoxy) is 1. The van der Waals surface area contributed by atoms with Crippen LogP contribution in [0.2, 0.25) is 0 Å². The lowest BCUT2D eigenvalue weighted by Gasteiger charge is -2.36. The fraction of sp³-hybridized carbons (Fsp3) is 0.632. The third-order valence-electron chi connectivity index (χ3n) is 4.97. The van der Waals surface area contributed by atoms with Crippen molar-refractivity contribution in [1.29, 1.82) is 0 Å². The van der Waals surface area contributed by atoms with E-state index in [0.29, 0.717) is 17.8 Å². The second kappa shape index (κ2) is 8.66. The Morgan fingerprint density at radius 3 is 2.43 bits per heavy atom. The van der Waals surface area contributed by atoms with E-state index in [0.717, 1.165) is 18.4 Å². The van der Waals surface area contributed by atoms with Gasteiger partial charge in [0.05, 0.1) is 4.83 Å². The van der Waals surface area contributed by atoms with Crippen molar-refractivity contribution in [3.63, 3.8) is 0 Å². The molecule has 1 aliphatic rings. The molecule has 1 fully saturated rings. The highest BCUT2D eigenvalue weighted by atomic mass is 79.9. The molecule has 5 atom stereocenters. The van der Waals surface area contributed by atoms with Gasteiger partial charge < -0.3 is 4.74 Å². The Labute approximate surface area is 156 Å². The number of rotatable bonds is 5. The lowest BCUT2D eigenvalue weighted by Crippen LogP contribution is -2.36. The quantitative estimate of drug-likeness (QED) is 0.417. The molecule has 0 aliphatic heterocycles. The summed E-state index contributed by atoms with van der Waals surface area (Å²) in [6.07, 6.45) is 3.42. The van der Waals surface area contributed by atoms with Crippen LogP contribution in [0.1, 0.15) is 50.4 Å². The standard InChI is InChI=1S/C19H26Br2O2/c1-12(2)15-10-9-13(3)16(11-15)23-19(22)18(21)17(20)14-7-5-4-6-8-14/h4-8,12-13,15-18H,9-11H2,1-3H3/t13-,15+,16+,17+,18-/m0/s1. The highest BCUT2D eigenvalue weighted by Crippen LogP contribution is 2.37. The number of hydrogen-bond donors (Lipinski definition) is 0. The van der Waals surface area contributed by atoms with E-state index in [1.807, 2.05) is 30.3 Å². The zero-order valence-corrected chi connectivity index (χ0v) is 17.2. The summed E-state index contributed by atoms with van der Waals surface area (Å²) in [6, 6.07) is 9.95. The SMILES string of the molecule is CC(C)[C@@H]1CC[C@H](C)[C@H](OC(=O)[C@@H](Br)[C@H](Br)c2ccccc2)C1. The van der Waals surface area contributed by atoms with Gasteiger partial charge >= 0.3 is 5.97 Å². The van der Waals surface area contributed by atoms with E-state index >= 15 is 0 Å². The zero-order chi connectivity index (χ0) is 17.0. The third-order valence-corrected chi connectivity index (χ3v) is 7.64. The molecular formula is C19H26Br2O2. The highest BCUT2D eigenvalue weighted by molar-refractivity contribution is 9.12. The van der Waals surface area contributed by atoms with E-state index in [1.54, 1.807) is 0 Å².